The standard InChI is InChI=1S/C27H20Cl4N2O4/c1-2-3-8-35-25-21(30)10-15(11-22(25)31)27(34)36-16-5-6-17-23(12-16)37-26(33)18(13-32)24(17)14-4-7-19(28)20(29)9-14/h4-7,9-12,24H,2-3,8,33H2,1H3. The number of unbranched alkanes of at least 4 members (excludes halogenated alkanes) is 1. The Bertz CT molecular complexity index is 1430. The molecular weight excluding hydrogens is 558 g/mol. The second-order valence-corrected chi connectivity index (χ2v) is 9.79. The van der Waals surface area contributed by atoms with Gasteiger partial charge in [-0.05, 0) is 42.3 Å². The summed E-state index contributed by atoms with van der Waals surface area (Å²) in [5, 5.41) is 10.9. The first kappa shape index (κ1) is 27.0. The Morgan fingerprint density at radius 1 is 1.03 bits per heavy atom. The third-order valence-corrected chi connectivity index (χ3v) is 6.96. The molecule has 1 aliphatic rings. The third-order valence-electron chi connectivity index (χ3n) is 5.66. The van der Waals surface area contributed by atoms with Crippen LogP contribution < -0.4 is 19.9 Å². The smallest absolute Gasteiger partial charge is 0.343 e. The van der Waals surface area contributed by atoms with Crippen LogP contribution in [0, 0.1) is 11.3 Å². The molecule has 0 saturated carbocycles. The Kier molecular flexibility index (Phi) is 8.41. The Hall–Kier alpha value is -3.08. The molecule has 10 heteroatoms. The summed E-state index contributed by atoms with van der Waals surface area (Å²) in [6.45, 7) is 2.50. The van der Waals surface area contributed by atoms with Gasteiger partial charge >= 0.3 is 5.97 Å². The van der Waals surface area contributed by atoms with Crippen molar-refractivity contribution >= 4 is 52.4 Å². The number of nitriles is 1. The summed E-state index contributed by atoms with van der Waals surface area (Å²) in [6.07, 6.45) is 1.80. The molecule has 1 aliphatic heterocycles. The molecule has 37 heavy (non-hydrogen) atoms. The van der Waals surface area contributed by atoms with E-state index in [1.54, 1.807) is 30.3 Å². The molecule has 0 fully saturated rings. The predicted molar refractivity (Wildman–Crippen MR) is 144 cm³/mol. The van der Waals surface area contributed by atoms with Gasteiger partial charge in [0.25, 0.3) is 0 Å². The lowest BCUT2D eigenvalue weighted by molar-refractivity contribution is 0.0734. The summed E-state index contributed by atoms with van der Waals surface area (Å²) < 4.78 is 16.9. The third kappa shape index (κ3) is 5.76. The lowest BCUT2D eigenvalue weighted by Gasteiger charge is -2.27. The summed E-state index contributed by atoms with van der Waals surface area (Å²) >= 11 is 24.9. The number of esters is 1. The first-order valence-electron chi connectivity index (χ1n) is 11.2. The highest BCUT2D eigenvalue weighted by atomic mass is 35.5. The number of nitrogens with two attached hydrogens (primary N) is 1. The SMILES string of the molecule is CCCCOc1c(Cl)cc(C(=O)Oc2ccc3c(c2)OC(N)=C(C#N)C3c2ccc(Cl)c(Cl)c2)cc1Cl. The molecule has 0 bridgehead atoms. The van der Waals surface area contributed by atoms with E-state index in [2.05, 4.69) is 6.07 Å². The van der Waals surface area contributed by atoms with Gasteiger partial charge < -0.3 is 19.9 Å². The van der Waals surface area contributed by atoms with Crippen molar-refractivity contribution in [3.05, 3.63) is 96.8 Å². The second kappa shape index (κ2) is 11.5. The van der Waals surface area contributed by atoms with Crippen LogP contribution in [0.1, 0.15) is 47.2 Å². The topological polar surface area (TPSA) is 94.6 Å². The minimum atomic E-state index is -0.679. The molecule has 1 heterocycles. The summed E-state index contributed by atoms with van der Waals surface area (Å²) in [6, 6.07) is 14.9. The molecule has 2 N–H and O–H groups in total. The molecule has 1 unspecified atom stereocenters. The molecule has 4 rings (SSSR count). The average molecular weight is 578 g/mol. The molecule has 0 saturated heterocycles. The van der Waals surface area contributed by atoms with Gasteiger partial charge in [0.05, 0.1) is 38.2 Å². The van der Waals surface area contributed by atoms with Gasteiger partial charge in [-0.3, -0.25) is 0 Å². The van der Waals surface area contributed by atoms with Gasteiger partial charge in [-0.1, -0.05) is 71.9 Å². The van der Waals surface area contributed by atoms with Crippen molar-refractivity contribution in [1.82, 2.24) is 0 Å². The van der Waals surface area contributed by atoms with E-state index in [4.69, 9.17) is 66.3 Å². The van der Waals surface area contributed by atoms with Crippen molar-refractivity contribution in [3.8, 4) is 23.3 Å². The van der Waals surface area contributed by atoms with Crippen LogP contribution in [0.5, 0.6) is 17.2 Å². The number of fused-ring (bicyclic) bond motifs is 1. The fraction of sp³-hybridized carbons (Fsp3) is 0.185. The number of rotatable bonds is 7. The Balaban J connectivity index is 1.61. The molecule has 0 aromatic heterocycles. The number of hydrogen-bond acceptors (Lipinski definition) is 6. The van der Waals surface area contributed by atoms with E-state index in [1.807, 2.05) is 6.92 Å². The number of halogens is 4. The van der Waals surface area contributed by atoms with E-state index in [-0.39, 0.29) is 32.8 Å². The van der Waals surface area contributed by atoms with Crippen molar-refractivity contribution in [2.75, 3.05) is 6.61 Å². The molecule has 0 spiro atoms. The number of carbonyl (C=O) groups excluding carboxylic acids is 1. The molecular formula is C27H20Cl4N2O4. The highest BCUT2D eigenvalue weighted by molar-refractivity contribution is 6.42. The lowest BCUT2D eigenvalue weighted by atomic mass is 9.83. The summed E-state index contributed by atoms with van der Waals surface area (Å²) in [4.78, 5) is 12.9. The van der Waals surface area contributed by atoms with Gasteiger partial charge in [-0.25, -0.2) is 4.79 Å². The fourth-order valence-corrected chi connectivity index (χ4v) is 4.74. The van der Waals surface area contributed by atoms with Crippen LogP contribution in [0.25, 0.3) is 0 Å². The van der Waals surface area contributed by atoms with Crippen molar-refractivity contribution in [3.63, 3.8) is 0 Å². The van der Waals surface area contributed by atoms with Crippen molar-refractivity contribution in [1.29, 1.82) is 5.26 Å². The molecule has 0 amide bonds. The summed E-state index contributed by atoms with van der Waals surface area (Å²) in [5.74, 6) is -0.451. The van der Waals surface area contributed by atoms with Gasteiger partial charge in [-0.15, -0.1) is 0 Å². The zero-order chi connectivity index (χ0) is 26.7. The van der Waals surface area contributed by atoms with Crippen molar-refractivity contribution in [2.24, 2.45) is 5.73 Å². The highest BCUT2D eigenvalue weighted by Crippen LogP contribution is 2.44. The molecule has 0 aliphatic carbocycles. The van der Waals surface area contributed by atoms with Gasteiger partial charge in [0, 0.05) is 11.6 Å². The maximum absolute atomic E-state index is 12.9. The minimum absolute atomic E-state index is 0.0632. The van der Waals surface area contributed by atoms with Gasteiger partial charge in [0.1, 0.15) is 23.1 Å². The second-order valence-electron chi connectivity index (χ2n) is 8.16. The van der Waals surface area contributed by atoms with E-state index < -0.39 is 11.9 Å². The van der Waals surface area contributed by atoms with Crippen LogP contribution in [0.4, 0.5) is 0 Å². The van der Waals surface area contributed by atoms with Crippen molar-refractivity contribution < 1.29 is 19.0 Å². The predicted octanol–water partition coefficient (Wildman–Crippen LogP) is 7.92. The van der Waals surface area contributed by atoms with Gasteiger partial charge in [-0.2, -0.15) is 5.26 Å². The number of carbonyl (C=O) groups is 1. The maximum atomic E-state index is 12.9. The molecule has 0 radical (unpaired) electrons. The quantitative estimate of drug-likeness (QED) is 0.174. The molecule has 3 aromatic rings. The molecule has 3 aromatic carbocycles. The van der Waals surface area contributed by atoms with Gasteiger partial charge in [0.2, 0.25) is 5.88 Å². The van der Waals surface area contributed by atoms with Crippen LogP contribution in [-0.2, 0) is 0 Å². The van der Waals surface area contributed by atoms with Crippen LogP contribution in [0.2, 0.25) is 20.1 Å². The molecule has 6 nitrogen and oxygen atoms in total. The highest BCUT2D eigenvalue weighted by Gasteiger charge is 2.31. The number of nitrogens with zero attached hydrogens (tertiary/aromatic N) is 1. The summed E-state index contributed by atoms with van der Waals surface area (Å²) in [5.41, 5.74) is 7.78. The lowest BCUT2D eigenvalue weighted by Crippen LogP contribution is -2.21. The van der Waals surface area contributed by atoms with E-state index in [0.29, 0.717) is 39.3 Å². The van der Waals surface area contributed by atoms with Crippen LogP contribution in [0.15, 0.2) is 60.0 Å². The number of benzene rings is 3. The largest absolute Gasteiger partial charge is 0.490 e. The Morgan fingerprint density at radius 2 is 1.76 bits per heavy atom. The van der Waals surface area contributed by atoms with Crippen molar-refractivity contribution in [2.45, 2.75) is 25.7 Å². The van der Waals surface area contributed by atoms with Crippen LogP contribution in [-0.4, -0.2) is 12.6 Å². The Labute approximate surface area is 234 Å². The maximum Gasteiger partial charge on any atom is 0.343 e. The Morgan fingerprint density at radius 3 is 2.41 bits per heavy atom. The van der Waals surface area contributed by atoms with E-state index >= 15 is 0 Å². The average Bonchev–Trinajstić information content (AvgIpc) is 2.86. The van der Waals surface area contributed by atoms with E-state index in [0.717, 1.165) is 12.8 Å². The monoisotopic (exact) mass is 576 g/mol. The number of allylic oxidation sites excluding steroid dienone is 1. The van der Waals surface area contributed by atoms with E-state index in [1.165, 1.54) is 18.2 Å². The van der Waals surface area contributed by atoms with E-state index in [9.17, 15) is 10.1 Å². The number of hydrogen-bond donors (Lipinski definition) is 1. The zero-order valence-electron chi connectivity index (χ0n) is 19.5. The zero-order valence-corrected chi connectivity index (χ0v) is 22.5. The fourth-order valence-electron chi connectivity index (χ4n) is 3.83. The van der Waals surface area contributed by atoms with Gasteiger partial charge in [0.15, 0.2) is 5.75 Å². The minimum Gasteiger partial charge on any atom is -0.490 e. The summed E-state index contributed by atoms with van der Waals surface area (Å²) in [7, 11) is 0. The normalized spacial score (nSPS) is 14.4. The van der Waals surface area contributed by atoms with Crippen LogP contribution in [0.3, 0.4) is 0 Å². The first-order chi connectivity index (χ1) is 17.7. The number of ether oxygens (including phenoxy) is 3. The molecule has 1 atom stereocenters. The van der Waals surface area contributed by atoms with Crippen LogP contribution >= 0.6 is 46.4 Å². The first-order valence-corrected chi connectivity index (χ1v) is 12.7. The molecule has 190 valence electrons.